The molecule has 16 heavy (non-hydrogen) atoms. The summed E-state index contributed by atoms with van der Waals surface area (Å²) in [5.41, 5.74) is 0.553. The van der Waals surface area contributed by atoms with Crippen molar-refractivity contribution in [1.82, 2.24) is 9.97 Å². The zero-order valence-corrected chi connectivity index (χ0v) is 8.73. The third-order valence-electron chi connectivity index (χ3n) is 2.08. The largest absolute Gasteiger partial charge is 0.497 e. The summed E-state index contributed by atoms with van der Waals surface area (Å²) < 4.78 is 5.00. The Hall–Kier alpha value is -2.30. The van der Waals surface area contributed by atoms with E-state index >= 15 is 0 Å². The van der Waals surface area contributed by atoms with Crippen LogP contribution in [0.4, 0.5) is 5.95 Å². The van der Waals surface area contributed by atoms with Crippen LogP contribution < -0.4 is 10.1 Å². The Morgan fingerprint density at radius 2 is 2.12 bits per heavy atom. The first-order chi connectivity index (χ1) is 7.79. The van der Waals surface area contributed by atoms with Crippen LogP contribution in [0.1, 0.15) is 10.4 Å². The molecule has 1 aromatic heterocycles. The molecule has 0 radical (unpaired) electrons. The van der Waals surface area contributed by atoms with E-state index in [1.54, 1.807) is 43.8 Å². The van der Waals surface area contributed by atoms with Gasteiger partial charge in [0.2, 0.25) is 5.95 Å². The minimum absolute atomic E-state index is 0.211. The molecule has 82 valence electrons. The molecule has 2 N–H and O–H groups in total. The Morgan fingerprint density at radius 1 is 1.38 bits per heavy atom. The molecule has 0 aliphatic heterocycles. The lowest BCUT2D eigenvalue weighted by atomic mass is 10.2. The van der Waals surface area contributed by atoms with Crippen LogP contribution in [0.25, 0.3) is 0 Å². The molecule has 0 saturated carbocycles. The van der Waals surface area contributed by atoms with Crippen LogP contribution in [0.2, 0.25) is 0 Å². The fraction of sp³-hybridized carbons (Fsp3) is 0.0909. The van der Waals surface area contributed by atoms with Gasteiger partial charge in [0.1, 0.15) is 5.75 Å². The molecular formula is C11H11N3O2. The molecule has 0 fully saturated rings. The predicted octanol–water partition coefficient (Wildman–Crippen LogP) is 1.67. The van der Waals surface area contributed by atoms with E-state index in [-0.39, 0.29) is 5.91 Å². The number of hydrogen-bond donors (Lipinski definition) is 2. The van der Waals surface area contributed by atoms with Gasteiger partial charge in [-0.3, -0.25) is 10.1 Å². The van der Waals surface area contributed by atoms with E-state index in [9.17, 15) is 4.79 Å². The highest BCUT2D eigenvalue weighted by Crippen LogP contribution is 2.12. The lowest BCUT2D eigenvalue weighted by molar-refractivity contribution is 0.102. The first-order valence-electron chi connectivity index (χ1n) is 4.74. The van der Waals surface area contributed by atoms with Crippen molar-refractivity contribution in [3.63, 3.8) is 0 Å². The third kappa shape index (κ3) is 2.20. The maximum Gasteiger partial charge on any atom is 0.257 e. The SMILES string of the molecule is COc1ccc(C(=O)Nc2ncc[nH]2)cc1. The van der Waals surface area contributed by atoms with E-state index in [1.807, 2.05) is 0 Å². The summed E-state index contributed by atoms with van der Waals surface area (Å²) in [5.74, 6) is 0.938. The standard InChI is InChI=1S/C11H11N3O2/c1-16-9-4-2-8(3-5-9)10(15)14-11-12-6-7-13-11/h2-7H,1H3,(H2,12,13,14,15). The number of nitrogens with one attached hydrogen (secondary N) is 2. The Labute approximate surface area is 92.5 Å². The highest BCUT2D eigenvalue weighted by Gasteiger charge is 2.06. The highest BCUT2D eigenvalue weighted by molar-refractivity contribution is 6.03. The first-order valence-corrected chi connectivity index (χ1v) is 4.74. The number of hydrogen-bond acceptors (Lipinski definition) is 3. The molecule has 1 amide bonds. The molecule has 0 aliphatic carbocycles. The lowest BCUT2D eigenvalue weighted by Gasteiger charge is -2.03. The monoisotopic (exact) mass is 217 g/mol. The van der Waals surface area contributed by atoms with E-state index in [1.165, 1.54) is 0 Å². The Balaban J connectivity index is 2.09. The summed E-state index contributed by atoms with van der Waals surface area (Å²) in [5, 5.41) is 2.63. The Morgan fingerprint density at radius 3 is 2.69 bits per heavy atom. The van der Waals surface area contributed by atoms with E-state index < -0.39 is 0 Å². The molecule has 5 heteroatoms. The van der Waals surface area contributed by atoms with Gasteiger partial charge in [-0.05, 0) is 24.3 Å². The van der Waals surface area contributed by atoms with Crippen molar-refractivity contribution in [1.29, 1.82) is 0 Å². The van der Waals surface area contributed by atoms with Crippen LogP contribution in [-0.2, 0) is 0 Å². The van der Waals surface area contributed by atoms with Crippen molar-refractivity contribution >= 4 is 11.9 Å². The average molecular weight is 217 g/mol. The topological polar surface area (TPSA) is 67.0 Å². The molecule has 2 rings (SSSR count). The van der Waals surface area contributed by atoms with E-state index in [0.29, 0.717) is 11.5 Å². The van der Waals surface area contributed by atoms with Gasteiger partial charge in [-0.1, -0.05) is 0 Å². The predicted molar refractivity (Wildman–Crippen MR) is 59.5 cm³/mol. The van der Waals surface area contributed by atoms with Crippen LogP contribution in [0.5, 0.6) is 5.75 Å². The molecule has 2 aromatic rings. The number of amides is 1. The first kappa shape index (κ1) is 10.2. The van der Waals surface area contributed by atoms with E-state index in [4.69, 9.17) is 4.74 Å². The maximum atomic E-state index is 11.7. The fourth-order valence-electron chi connectivity index (χ4n) is 1.26. The zero-order chi connectivity index (χ0) is 11.4. The van der Waals surface area contributed by atoms with Crippen LogP contribution in [-0.4, -0.2) is 23.0 Å². The van der Waals surface area contributed by atoms with Crippen molar-refractivity contribution in [2.24, 2.45) is 0 Å². The number of rotatable bonds is 3. The van der Waals surface area contributed by atoms with E-state index in [2.05, 4.69) is 15.3 Å². The van der Waals surface area contributed by atoms with Crippen LogP contribution in [0.3, 0.4) is 0 Å². The van der Waals surface area contributed by atoms with Gasteiger partial charge < -0.3 is 9.72 Å². The summed E-state index contributed by atoms with van der Waals surface area (Å²) in [4.78, 5) is 18.4. The van der Waals surface area contributed by atoms with Crippen LogP contribution in [0, 0.1) is 0 Å². The molecule has 0 bridgehead atoms. The molecule has 0 atom stereocenters. The quantitative estimate of drug-likeness (QED) is 0.821. The maximum absolute atomic E-state index is 11.7. The minimum Gasteiger partial charge on any atom is -0.497 e. The minimum atomic E-state index is -0.211. The van der Waals surface area contributed by atoms with Gasteiger partial charge >= 0.3 is 0 Å². The third-order valence-corrected chi connectivity index (χ3v) is 2.08. The molecule has 0 saturated heterocycles. The van der Waals surface area contributed by atoms with Gasteiger partial charge in [-0.2, -0.15) is 0 Å². The normalized spacial score (nSPS) is 9.81. The number of imidazole rings is 1. The van der Waals surface area contributed by atoms with E-state index in [0.717, 1.165) is 5.75 Å². The second kappa shape index (κ2) is 4.48. The van der Waals surface area contributed by atoms with Crippen molar-refractivity contribution in [3.8, 4) is 5.75 Å². The number of ether oxygens (including phenoxy) is 1. The number of aromatic nitrogens is 2. The molecule has 0 spiro atoms. The van der Waals surface area contributed by atoms with Crippen molar-refractivity contribution in [3.05, 3.63) is 42.2 Å². The number of nitrogens with zero attached hydrogens (tertiary/aromatic N) is 1. The van der Waals surface area contributed by atoms with Crippen LogP contribution in [0.15, 0.2) is 36.7 Å². The summed E-state index contributed by atoms with van der Waals surface area (Å²) in [6.07, 6.45) is 3.22. The summed E-state index contributed by atoms with van der Waals surface area (Å²) in [6, 6.07) is 6.85. The van der Waals surface area contributed by atoms with Crippen LogP contribution >= 0.6 is 0 Å². The second-order valence-corrected chi connectivity index (χ2v) is 3.12. The number of H-pyrrole nitrogens is 1. The van der Waals surface area contributed by atoms with Gasteiger partial charge in [0.25, 0.3) is 5.91 Å². The average Bonchev–Trinajstić information content (AvgIpc) is 2.82. The van der Waals surface area contributed by atoms with Crippen molar-refractivity contribution < 1.29 is 9.53 Å². The number of carbonyl (C=O) groups excluding carboxylic acids is 1. The number of methoxy groups -OCH3 is 1. The Kier molecular flexibility index (Phi) is 2.86. The number of anilines is 1. The van der Waals surface area contributed by atoms with Gasteiger partial charge in [0, 0.05) is 18.0 Å². The Bertz CT molecular complexity index is 462. The summed E-state index contributed by atoms with van der Waals surface area (Å²) in [7, 11) is 1.58. The molecular weight excluding hydrogens is 206 g/mol. The van der Waals surface area contributed by atoms with Crippen molar-refractivity contribution in [2.45, 2.75) is 0 Å². The number of aromatic amines is 1. The molecule has 0 unspecified atom stereocenters. The van der Waals surface area contributed by atoms with Gasteiger partial charge in [0.15, 0.2) is 0 Å². The zero-order valence-electron chi connectivity index (χ0n) is 8.73. The van der Waals surface area contributed by atoms with Gasteiger partial charge in [0.05, 0.1) is 7.11 Å². The molecule has 1 heterocycles. The number of benzene rings is 1. The summed E-state index contributed by atoms with van der Waals surface area (Å²) in [6.45, 7) is 0. The second-order valence-electron chi connectivity index (χ2n) is 3.12. The molecule has 5 nitrogen and oxygen atoms in total. The van der Waals surface area contributed by atoms with Gasteiger partial charge in [-0.15, -0.1) is 0 Å². The molecule has 1 aromatic carbocycles. The number of carbonyl (C=O) groups is 1. The highest BCUT2D eigenvalue weighted by atomic mass is 16.5. The summed E-state index contributed by atoms with van der Waals surface area (Å²) >= 11 is 0. The lowest BCUT2D eigenvalue weighted by Crippen LogP contribution is -2.12. The van der Waals surface area contributed by atoms with Crippen molar-refractivity contribution in [2.75, 3.05) is 12.4 Å². The van der Waals surface area contributed by atoms with Gasteiger partial charge in [-0.25, -0.2) is 4.98 Å². The smallest absolute Gasteiger partial charge is 0.257 e. The molecule has 0 aliphatic rings. The fourth-order valence-corrected chi connectivity index (χ4v) is 1.26.